The second-order valence-electron chi connectivity index (χ2n) is 6.24. The molecule has 0 unspecified atom stereocenters. The molecule has 0 fully saturated rings. The third kappa shape index (κ3) is 5.68. The lowest BCUT2D eigenvalue weighted by molar-refractivity contribution is -0.384. The van der Waals surface area contributed by atoms with Gasteiger partial charge in [0, 0.05) is 23.0 Å². The summed E-state index contributed by atoms with van der Waals surface area (Å²) in [5.74, 6) is 0.159. The molecule has 0 radical (unpaired) electrons. The molecule has 0 heterocycles. The van der Waals surface area contributed by atoms with Crippen molar-refractivity contribution in [1.82, 2.24) is 0 Å². The molecule has 0 aromatic heterocycles. The topological polar surface area (TPSA) is 106 Å². The standard InChI is InChI=1S/C21H17ClN4O4S/c1-30-19-10-7-13(20(27)23-14-5-3-2-4-6-14)11-17(19)25-21(31)24-15-8-9-16(22)18(12-15)26(28)29/h2-12H,1H3,(H,23,27)(H2,24,25,31). The normalized spacial score (nSPS) is 10.1. The third-order valence-electron chi connectivity index (χ3n) is 4.14. The first kappa shape index (κ1) is 22.0. The van der Waals surface area contributed by atoms with E-state index >= 15 is 0 Å². The molecule has 0 atom stereocenters. The number of thiocarbonyl (C=S) groups is 1. The van der Waals surface area contributed by atoms with Crippen LogP contribution in [0.1, 0.15) is 10.4 Å². The van der Waals surface area contributed by atoms with E-state index in [2.05, 4.69) is 16.0 Å². The van der Waals surface area contributed by atoms with E-state index in [9.17, 15) is 14.9 Å². The number of carbonyl (C=O) groups is 1. The SMILES string of the molecule is COc1ccc(C(=O)Nc2ccccc2)cc1NC(=S)Nc1ccc(Cl)c([N+](=O)[O-])c1. The molecular formula is C21H17ClN4O4S. The Hall–Kier alpha value is -3.69. The van der Waals surface area contributed by atoms with Gasteiger partial charge in [-0.05, 0) is 54.7 Å². The number of rotatable bonds is 6. The van der Waals surface area contributed by atoms with Gasteiger partial charge in [-0.3, -0.25) is 14.9 Å². The average Bonchev–Trinajstić information content (AvgIpc) is 2.75. The minimum atomic E-state index is -0.582. The molecule has 3 aromatic rings. The van der Waals surface area contributed by atoms with E-state index in [1.165, 1.54) is 19.2 Å². The molecule has 1 amide bonds. The number of benzene rings is 3. The van der Waals surface area contributed by atoms with Crippen molar-refractivity contribution in [2.45, 2.75) is 0 Å². The van der Waals surface area contributed by atoms with Gasteiger partial charge >= 0.3 is 0 Å². The van der Waals surface area contributed by atoms with E-state index in [4.69, 9.17) is 28.6 Å². The Morgan fingerprint density at radius 1 is 1.00 bits per heavy atom. The fourth-order valence-electron chi connectivity index (χ4n) is 2.69. The summed E-state index contributed by atoms with van der Waals surface area (Å²) in [6, 6.07) is 18.2. The summed E-state index contributed by atoms with van der Waals surface area (Å²) in [7, 11) is 1.49. The fraction of sp³-hybridized carbons (Fsp3) is 0.0476. The van der Waals surface area contributed by atoms with Gasteiger partial charge in [-0.15, -0.1) is 0 Å². The number of amides is 1. The van der Waals surface area contributed by atoms with E-state index in [-0.39, 0.29) is 21.7 Å². The predicted octanol–water partition coefficient (Wildman–Crippen LogP) is 5.32. The van der Waals surface area contributed by atoms with Crippen LogP contribution >= 0.6 is 23.8 Å². The quantitative estimate of drug-likeness (QED) is 0.262. The Balaban J connectivity index is 1.76. The summed E-state index contributed by atoms with van der Waals surface area (Å²) in [6.07, 6.45) is 0. The number of halogens is 1. The molecule has 3 N–H and O–H groups in total. The van der Waals surface area contributed by atoms with Crippen LogP contribution in [0.2, 0.25) is 5.02 Å². The van der Waals surface area contributed by atoms with Crippen LogP contribution in [-0.2, 0) is 0 Å². The first-order valence-corrected chi connectivity index (χ1v) is 9.72. The zero-order chi connectivity index (χ0) is 22.4. The number of carbonyl (C=O) groups excluding carboxylic acids is 1. The second kappa shape index (κ2) is 9.88. The highest BCUT2D eigenvalue weighted by Gasteiger charge is 2.15. The van der Waals surface area contributed by atoms with Crippen molar-refractivity contribution in [3.05, 3.63) is 87.4 Å². The van der Waals surface area contributed by atoms with Gasteiger partial charge in [0.05, 0.1) is 17.7 Å². The predicted molar refractivity (Wildman–Crippen MR) is 125 cm³/mol. The Kier molecular flexibility index (Phi) is 7.01. The first-order chi connectivity index (χ1) is 14.9. The molecule has 8 nitrogen and oxygen atoms in total. The molecule has 158 valence electrons. The molecule has 3 rings (SSSR count). The highest BCUT2D eigenvalue weighted by Crippen LogP contribution is 2.29. The van der Waals surface area contributed by atoms with Gasteiger partial charge < -0.3 is 20.7 Å². The van der Waals surface area contributed by atoms with Crippen molar-refractivity contribution in [1.29, 1.82) is 0 Å². The van der Waals surface area contributed by atoms with Gasteiger partial charge in [0.25, 0.3) is 11.6 Å². The molecule has 31 heavy (non-hydrogen) atoms. The van der Waals surface area contributed by atoms with Gasteiger partial charge in [-0.2, -0.15) is 0 Å². The van der Waals surface area contributed by atoms with Crippen LogP contribution in [0.4, 0.5) is 22.7 Å². The van der Waals surface area contributed by atoms with Crippen molar-refractivity contribution in [2.75, 3.05) is 23.1 Å². The number of hydrogen-bond donors (Lipinski definition) is 3. The zero-order valence-corrected chi connectivity index (χ0v) is 17.8. The Bertz CT molecular complexity index is 1140. The van der Waals surface area contributed by atoms with Crippen LogP contribution in [0, 0.1) is 10.1 Å². The Morgan fingerprint density at radius 3 is 2.42 bits per heavy atom. The summed E-state index contributed by atoms with van der Waals surface area (Å²) in [5.41, 5.74) is 1.64. The van der Waals surface area contributed by atoms with Gasteiger partial charge in [-0.1, -0.05) is 29.8 Å². The van der Waals surface area contributed by atoms with Crippen LogP contribution in [-0.4, -0.2) is 23.1 Å². The maximum absolute atomic E-state index is 12.6. The summed E-state index contributed by atoms with van der Waals surface area (Å²) in [6.45, 7) is 0. The summed E-state index contributed by atoms with van der Waals surface area (Å²) >= 11 is 11.1. The van der Waals surface area contributed by atoms with E-state index in [1.54, 1.807) is 36.4 Å². The molecular weight excluding hydrogens is 440 g/mol. The number of nitrogens with one attached hydrogen (secondary N) is 3. The summed E-state index contributed by atoms with van der Waals surface area (Å²) in [5, 5.41) is 19.8. The van der Waals surface area contributed by atoms with Crippen molar-refractivity contribution in [3.63, 3.8) is 0 Å². The lowest BCUT2D eigenvalue weighted by Crippen LogP contribution is -2.20. The van der Waals surface area contributed by atoms with E-state index in [0.717, 1.165) is 0 Å². The minimum absolute atomic E-state index is 0.0215. The first-order valence-electron chi connectivity index (χ1n) is 8.94. The largest absolute Gasteiger partial charge is 0.495 e. The zero-order valence-electron chi connectivity index (χ0n) is 16.2. The van der Waals surface area contributed by atoms with Crippen molar-refractivity contribution >= 4 is 57.6 Å². The molecule has 0 saturated carbocycles. The molecule has 3 aromatic carbocycles. The van der Waals surface area contributed by atoms with Crippen molar-refractivity contribution < 1.29 is 14.5 Å². The van der Waals surface area contributed by atoms with Gasteiger partial charge in [0.2, 0.25) is 0 Å². The monoisotopic (exact) mass is 456 g/mol. The highest BCUT2D eigenvalue weighted by molar-refractivity contribution is 7.80. The van der Waals surface area contributed by atoms with E-state index < -0.39 is 4.92 Å². The number of nitro groups is 1. The van der Waals surface area contributed by atoms with Crippen LogP contribution in [0.5, 0.6) is 5.75 Å². The van der Waals surface area contributed by atoms with Gasteiger partial charge in [0.15, 0.2) is 5.11 Å². The molecule has 0 aliphatic carbocycles. The summed E-state index contributed by atoms with van der Waals surface area (Å²) in [4.78, 5) is 23.0. The smallest absolute Gasteiger partial charge is 0.289 e. The molecule has 0 bridgehead atoms. The molecule has 0 spiro atoms. The highest BCUT2D eigenvalue weighted by atomic mass is 35.5. The molecule has 0 saturated heterocycles. The van der Waals surface area contributed by atoms with Crippen LogP contribution < -0.4 is 20.7 Å². The summed E-state index contributed by atoms with van der Waals surface area (Å²) < 4.78 is 5.33. The van der Waals surface area contributed by atoms with Crippen molar-refractivity contribution in [2.24, 2.45) is 0 Å². The number of para-hydroxylation sites is 1. The lowest BCUT2D eigenvalue weighted by atomic mass is 10.1. The number of hydrogen-bond acceptors (Lipinski definition) is 5. The van der Waals surface area contributed by atoms with Crippen LogP contribution in [0.3, 0.4) is 0 Å². The second-order valence-corrected chi connectivity index (χ2v) is 7.05. The van der Waals surface area contributed by atoms with Gasteiger partial charge in [0.1, 0.15) is 10.8 Å². The number of nitrogens with zero attached hydrogens (tertiary/aromatic N) is 1. The number of anilines is 3. The van der Waals surface area contributed by atoms with Crippen LogP contribution in [0.25, 0.3) is 0 Å². The number of nitro benzene ring substituents is 1. The van der Waals surface area contributed by atoms with E-state index in [1.807, 2.05) is 18.2 Å². The minimum Gasteiger partial charge on any atom is -0.495 e. The van der Waals surface area contributed by atoms with Crippen LogP contribution in [0.15, 0.2) is 66.7 Å². The molecule has 0 aliphatic rings. The maximum atomic E-state index is 12.6. The van der Waals surface area contributed by atoms with E-state index in [0.29, 0.717) is 28.4 Å². The average molecular weight is 457 g/mol. The maximum Gasteiger partial charge on any atom is 0.289 e. The molecule has 0 aliphatic heterocycles. The molecule has 10 heteroatoms. The lowest BCUT2D eigenvalue weighted by Gasteiger charge is -2.15. The third-order valence-corrected chi connectivity index (χ3v) is 4.67. The number of methoxy groups -OCH3 is 1. The number of ether oxygens (including phenoxy) is 1. The Morgan fingerprint density at radius 2 is 1.74 bits per heavy atom. The Labute approximate surface area is 188 Å². The van der Waals surface area contributed by atoms with Gasteiger partial charge in [-0.25, -0.2) is 0 Å². The fourth-order valence-corrected chi connectivity index (χ4v) is 3.10. The van der Waals surface area contributed by atoms with Crippen molar-refractivity contribution in [3.8, 4) is 5.75 Å².